The molecular formula is C11H12N2S. The number of fused-ring (bicyclic) bond motifs is 1. The van der Waals surface area contributed by atoms with E-state index in [4.69, 9.17) is 0 Å². The van der Waals surface area contributed by atoms with Gasteiger partial charge in [-0.05, 0) is 24.3 Å². The Bertz CT molecular complexity index is 416. The third-order valence-corrected chi connectivity index (χ3v) is 3.94. The quantitative estimate of drug-likeness (QED) is 0.698. The minimum atomic E-state index is 0.705. The number of hydrogen-bond donors (Lipinski definition) is 0. The molecule has 2 aromatic rings. The van der Waals surface area contributed by atoms with Crippen molar-refractivity contribution in [2.75, 3.05) is 0 Å². The fraction of sp³-hybridized carbons (Fsp3) is 0.364. The summed E-state index contributed by atoms with van der Waals surface area (Å²) < 4.78 is 2.29. The van der Waals surface area contributed by atoms with Gasteiger partial charge in [-0.1, -0.05) is 6.07 Å². The molecule has 0 bridgehead atoms. The van der Waals surface area contributed by atoms with Crippen molar-refractivity contribution < 1.29 is 0 Å². The second-order valence-electron chi connectivity index (χ2n) is 3.79. The third-order valence-electron chi connectivity index (χ3n) is 2.91. The van der Waals surface area contributed by atoms with Gasteiger partial charge in [0, 0.05) is 29.2 Å². The first-order chi connectivity index (χ1) is 6.93. The first kappa shape index (κ1) is 8.24. The summed E-state index contributed by atoms with van der Waals surface area (Å²) in [4.78, 5) is 5.70. The van der Waals surface area contributed by atoms with E-state index in [1.165, 1.54) is 23.4 Å². The zero-order valence-corrected chi connectivity index (χ0v) is 8.70. The number of imidazole rings is 1. The van der Waals surface area contributed by atoms with Crippen molar-refractivity contribution in [3.63, 3.8) is 0 Å². The van der Waals surface area contributed by atoms with Crippen molar-refractivity contribution in [2.24, 2.45) is 0 Å². The Morgan fingerprint density at radius 1 is 1.50 bits per heavy atom. The van der Waals surface area contributed by atoms with Crippen molar-refractivity contribution >= 4 is 11.3 Å². The maximum atomic E-state index is 4.19. The van der Waals surface area contributed by atoms with Crippen LogP contribution in [0.25, 0.3) is 0 Å². The van der Waals surface area contributed by atoms with Crippen LogP contribution in [0, 0.1) is 0 Å². The molecule has 0 aliphatic carbocycles. The topological polar surface area (TPSA) is 17.8 Å². The Morgan fingerprint density at radius 3 is 3.36 bits per heavy atom. The van der Waals surface area contributed by atoms with Crippen molar-refractivity contribution in [2.45, 2.75) is 25.3 Å². The lowest BCUT2D eigenvalue weighted by Crippen LogP contribution is -2.16. The van der Waals surface area contributed by atoms with Gasteiger partial charge in [0.25, 0.3) is 0 Å². The molecule has 3 heterocycles. The fourth-order valence-corrected chi connectivity index (χ4v) is 2.98. The van der Waals surface area contributed by atoms with Crippen LogP contribution in [-0.4, -0.2) is 9.55 Å². The molecule has 3 rings (SSSR count). The van der Waals surface area contributed by atoms with Gasteiger partial charge in [-0.2, -0.15) is 0 Å². The van der Waals surface area contributed by atoms with Gasteiger partial charge in [-0.15, -0.1) is 11.3 Å². The molecule has 1 aliphatic heterocycles. The summed E-state index contributed by atoms with van der Waals surface area (Å²) in [6.07, 6.45) is 6.38. The second kappa shape index (κ2) is 3.24. The second-order valence-corrected chi connectivity index (χ2v) is 4.77. The van der Waals surface area contributed by atoms with E-state index >= 15 is 0 Å². The van der Waals surface area contributed by atoms with Crippen LogP contribution in [0.15, 0.2) is 30.0 Å². The van der Waals surface area contributed by atoms with Crippen LogP contribution in [0.3, 0.4) is 0 Å². The van der Waals surface area contributed by atoms with Crippen LogP contribution in [0.2, 0.25) is 0 Å². The molecule has 0 amide bonds. The predicted molar refractivity (Wildman–Crippen MR) is 57.6 cm³/mol. The van der Waals surface area contributed by atoms with E-state index in [0.29, 0.717) is 5.92 Å². The summed E-state index contributed by atoms with van der Waals surface area (Å²) in [5.74, 6) is 0.705. The van der Waals surface area contributed by atoms with Crippen LogP contribution in [0.1, 0.15) is 22.9 Å². The Morgan fingerprint density at radius 2 is 2.50 bits per heavy atom. The smallest absolute Gasteiger partial charge is 0.0948 e. The van der Waals surface area contributed by atoms with E-state index in [1.807, 2.05) is 23.9 Å². The molecule has 1 aliphatic rings. The number of hydrogen-bond acceptors (Lipinski definition) is 2. The molecule has 0 saturated heterocycles. The molecule has 1 atom stereocenters. The lowest BCUT2D eigenvalue weighted by molar-refractivity contribution is 0.468. The Hall–Kier alpha value is -1.09. The minimum Gasteiger partial charge on any atom is -0.334 e. The van der Waals surface area contributed by atoms with Gasteiger partial charge in [0.2, 0.25) is 0 Å². The molecule has 0 saturated carbocycles. The molecule has 0 radical (unpaired) electrons. The largest absolute Gasteiger partial charge is 0.334 e. The molecular weight excluding hydrogens is 192 g/mol. The van der Waals surface area contributed by atoms with Crippen LogP contribution in [0.5, 0.6) is 0 Å². The van der Waals surface area contributed by atoms with Crippen molar-refractivity contribution in [1.29, 1.82) is 0 Å². The number of rotatable bonds is 1. The lowest BCUT2D eigenvalue weighted by Gasteiger charge is -2.22. The van der Waals surface area contributed by atoms with Crippen LogP contribution < -0.4 is 0 Å². The molecule has 2 aromatic heterocycles. The van der Waals surface area contributed by atoms with Gasteiger partial charge in [-0.3, -0.25) is 0 Å². The number of thiophene rings is 1. The van der Waals surface area contributed by atoms with Gasteiger partial charge in [0.05, 0.1) is 6.33 Å². The zero-order chi connectivity index (χ0) is 9.38. The van der Waals surface area contributed by atoms with Crippen molar-refractivity contribution in [3.05, 3.63) is 40.6 Å². The first-order valence-corrected chi connectivity index (χ1v) is 5.84. The van der Waals surface area contributed by atoms with Gasteiger partial charge in [0.15, 0.2) is 0 Å². The highest BCUT2D eigenvalue weighted by Crippen LogP contribution is 2.31. The van der Waals surface area contributed by atoms with Crippen LogP contribution in [0.4, 0.5) is 0 Å². The summed E-state index contributed by atoms with van der Waals surface area (Å²) in [6.45, 7) is 1.11. The maximum absolute atomic E-state index is 4.19. The SMILES string of the molecule is c1csc(C2CCc3cncn3C2)c1. The summed E-state index contributed by atoms with van der Waals surface area (Å²) in [5, 5.41) is 2.17. The minimum absolute atomic E-state index is 0.705. The number of aromatic nitrogens is 2. The highest BCUT2D eigenvalue weighted by atomic mass is 32.1. The number of nitrogens with zero attached hydrogens (tertiary/aromatic N) is 2. The van der Waals surface area contributed by atoms with Gasteiger partial charge in [-0.25, -0.2) is 4.98 Å². The molecule has 0 fully saturated rings. The molecule has 72 valence electrons. The van der Waals surface area contributed by atoms with Gasteiger partial charge >= 0.3 is 0 Å². The Balaban J connectivity index is 1.88. The molecule has 14 heavy (non-hydrogen) atoms. The molecule has 0 N–H and O–H groups in total. The summed E-state index contributed by atoms with van der Waals surface area (Å²) in [5.41, 5.74) is 1.39. The Kier molecular flexibility index (Phi) is 1.91. The van der Waals surface area contributed by atoms with E-state index in [9.17, 15) is 0 Å². The van der Waals surface area contributed by atoms with E-state index in [0.717, 1.165) is 6.54 Å². The van der Waals surface area contributed by atoms with Gasteiger partial charge in [0.1, 0.15) is 0 Å². The summed E-state index contributed by atoms with van der Waals surface area (Å²) in [7, 11) is 0. The van der Waals surface area contributed by atoms with E-state index in [1.54, 1.807) is 0 Å². The predicted octanol–water partition coefficient (Wildman–Crippen LogP) is 2.67. The first-order valence-electron chi connectivity index (χ1n) is 4.96. The summed E-state index contributed by atoms with van der Waals surface area (Å²) in [6, 6.07) is 4.39. The fourth-order valence-electron chi connectivity index (χ4n) is 2.13. The molecule has 0 aromatic carbocycles. The highest BCUT2D eigenvalue weighted by Gasteiger charge is 2.20. The normalized spacial score (nSPS) is 20.7. The molecule has 3 heteroatoms. The average molecular weight is 204 g/mol. The van der Waals surface area contributed by atoms with E-state index in [2.05, 4.69) is 27.1 Å². The Labute approximate surface area is 87.2 Å². The molecule has 1 unspecified atom stereocenters. The van der Waals surface area contributed by atoms with Crippen molar-refractivity contribution in [3.8, 4) is 0 Å². The van der Waals surface area contributed by atoms with Crippen LogP contribution >= 0.6 is 11.3 Å². The number of aryl methyl sites for hydroxylation is 1. The third kappa shape index (κ3) is 1.28. The standard InChI is InChI=1S/C11H12N2S/c1-2-11(14-5-1)9-3-4-10-6-12-8-13(10)7-9/h1-2,5-6,8-9H,3-4,7H2. The highest BCUT2D eigenvalue weighted by molar-refractivity contribution is 7.10. The molecule has 2 nitrogen and oxygen atoms in total. The lowest BCUT2D eigenvalue weighted by atomic mass is 9.97. The maximum Gasteiger partial charge on any atom is 0.0948 e. The van der Waals surface area contributed by atoms with E-state index in [-0.39, 0.29) is 0 Å². The zero-order valence-electron chi connectivity index (χ0n) is 7.89. The van der Waals surface area contributed by atoms with Crippen molar-refractivity contribution in [1.82, 2.24) is 9.55 Å². The van der Waals surface area contributed by atoms with Crippen LogP contribution in [-0.2, 0) is 13.0 Å². The molecule has 0 spiro atoms. The van der Waals surface area contributed by atoms with Gasteiger partial charge < -0.3 is 4.57 Å². The summed E-state index contributed by atoms with van der Waals surface area (Å²) >= 11 is 1.87. The average Bonchev–Trinajstić information content (AvgIpc) is 2.88. The van der Waals surface area contributed by atoms with E-state index < -0.39 is 0 Å². The monoisotopic (exact) mass is 204 g/mol.